The number of hydrogen-bond donors (Lipinski definition) is 2. The van der Waals surface area contributed by atoms with E-state index >= 15 is 0 Å². The van der Waals surface area contributed by atoms with Crippen LogP contribution in [0, 0.1) is 0 Å². The summed E-state index contributed by atoms with van der Waals surface area (Å²) in [7, 11) is 1.20. The van der Waals surface area contributed by atoms with Gasteiger partial charge in [-0.2, -0.15) is 0 Å². The Hall–Kier alpha value is -2.58. The summed E-state index contributed by atoms with van der Waals surface area (Å²) in [5.41, 5.74) is 1.77. The molecular weight excluding hydrogens is 388 g/mol. The first-order valence-corrected chi connectivity index (χ1v) is 11.0. The smallest absolute Gasteiger partial charge is 0.242 e. The topological polar surface area (TPSA) is 83.0 Å². The molecular formula is C21H30N4O3S. The van der Waals surface area contributed by atoms with Crippen LogP contribution < -0.4 is 15.4 Å². The average Bonchev–Trinajstić information content (AvgIpc) is 2.72. The van der Waals surface area contributed by atoms with Gasteiger partial charge in [0.1, 0.15) is 5.75 Å². The number of hydrogen-bond acceptors (Lipinski definition) is 4. The van der Waals surface area contributed by atoms with E-state index in [1.807, 2.05) is 37.3 Å². The van der Waals surface area contributed by atoms with Gasteiger partial charge in [-0.1, -0.05) is 36.4 Å². The number of aliphatic imine (C=N–C) groups is 1. The second-order valence-electron chi connectivity index (χ2n) is 6.58. The Kier molecular flexibility index (Phi) is 8.48. The summed E-state index contributed by atoms with van der Waals surface area (Å²) in [5.74, 6) is 1.50. The minimum atomic E-state index is -3.52. The number of nitrogens with zero attached hydrogens (tertiary/aromatic N) is 2. The predicted octanol–water partition coefficient (Wildman–Crippen LogP) is 2.24. The molecule has 0 amide bonds. The van der Waals surface area contributed by atoms with Gasteiger partial charge in [-0.05, 0) is 36.6 Å². The SMILES string of the molecule is CCNC(=NCc1ccccc1S(=O)(=O)N(C)C)NCCc1ccccc1OC. The molecule has 0 heterocycles. The Morgan fingerprint density at radius 2 is 1.69 bits per heavy atom. The predicted molar refractivity (Wildman–Crippen MR) is 117 cm³/mol. The van der Waals surface area contributed by atoms with Crippen LogP contribution in [0.5, 0.6) is 5.75 Å². The fourth-order valence-corrected chi connectivity index (χ4v) is 3.92. The van der Waals surface area contributed by atoms with Crippen molar-refractivity contribution in [1.82, 2.24) is 14.9 Å². The van der Waals surface area contributed by atoms with Gasteiger partial charge in [0, 0.05) is 27.2 Å². The van der Waals surface area contributed by atoms with Gasteiger partial charge in [0.2, 0.25) is 10.0 Å². The number of methoxy groups -OCH3 is 1. The van der Waals surface area contributed by atoms with E-state index in [0.717, 1.165) is 17.7 Å². The highest BCUT2D eigenvalue weighted by atomic mass is 32.2. The third-order valence-electron chi connectivity index (χ3n) is 4.36. The Labute approximate surface area is 173 Å². The molecule has 7 nitrogen and oxygen atoms in total. The Balaban J connectivity index is 2.10. The number of guanidine groups is 1. The second kappa shape index (κ2) is 10.8. The van der Waals surface area contributed by atoms with Crippen LogP contribution in [-0.2, 0) is 23.0 Å². The van der Waals surface area contributed by atoms with Crippen LogP contribution in [-0.4, -0.2) is 53.0 Å². The number of ether oxygens (including phenoxy) is 1. The molecule has 2 N–H and O–H groups in total. The number of benzene rings is 2. The lowest BCUT2D eigenvalue weighted by atomic mass is 10.1. The Morgan fingerprint density at radius 3 is 2.34 bits per heavy atom. The van der Waals surface area contributed by atoms with E-state index in [4.69, 9.17) is 4.74 Å². The van der Waals surface area contributed by atoms with Crippen molar-refractivity contribution in [3.63, 3.8) is 0 Å². The lowest BCUT2D eigenvalue weighted by Crippen LogP contribution is -2.38. The van der Waals surface area contributed by atoms with E-state index in [9.17, 15) is 8.42 Å². The molecule has 2 rings (SSSR count). The highest BCUT2D eigenvalue weighted by molar-refractivity contribution is 7.89. The molecule has 0 aromatic heterocycles. The lowest BCUT2D eigenvalue weighted by Gasteiger charge is -2.15. The molecule has 2 aromatic rings. The van der Waals surface area contributed by atoms with Crippen LogP contribution >= 0.6 is 0 Å². The largest absolute Gasteiger partial charge is 0.496 e. The number of nitrogens with one attached hydrogen (secondary N) is 2. The van der Waals surface area contributed by atoms with Crippen LogP contribution in [0.3, 0.4) is 0 Å². The van der Waals surface area contributed by atoms with Crippen molar-refractivity contribution in [3.8, 4) is 5.75 Å². The zero-order chi connectivity index (χ0) is 21.3. The maximum atomic E-state index is 12.5. The van der Waals surface area contributed by atoms with E-state index < -0.39 is 10.0 Å². The molecule has 2 aromatic carbocycles. The normalized spacial score (nSPS) is 12.1. The summed E-state index contributed by atoms with van der Waals surface area (Å²) in [6, 6.07) is 14.9. The summed E-state index contributed by atoms with van der Waals surface area (Å²) in [6.45, 7) is 3.62. The molecule has 0 unspecified atom stereocenters. The van der Waals surface area contributed by atoms with Crippen LogP contribution in [0.2, 0.25) is 0 Å². The quantitative estimate of drug-likeness (QED) is 0.482. The molecule has 29 heavy (non-hydrogen) atoms. The monoisotopic (exact) mass is 418 g/mol. The molecule has 0 aliphatic carbocycles. The standard InChI is InChI=1S/C21H30N4O3S/c1-5-22-21(23-15-14-17-10-6-8-12-19(17)28-4)24-16-18-11-7-9-13-20(18)29(26,27)25(2)3/h6-13H,5,14-16H2,1-4H3,(H2,22,23,24). The van der Waals surface area contributed by atoms with Gasteiger partial charge in [-0.3, -0.25) is 0 Å². The molecule has 0 bridgehead atoms. The highest BCUT2D eigenvalue weighted by Crippen LogP contribution is 2.19. The van der Waals surface area contributed by atoms with Crippen molar-refractivity contribution in [2.24, 2.45) is 4.99 Å². The fraction of sp³-hybridized carbons (Fsp3) is 0.381. The highest BCUT2D eigenvalue weighted by Gasteiger charge is 2.20. The minimum absolute atomic E-state index is 0.257. The maximum absolute atomic E-state index is 12.5. The van der Waals surface area contributed by atoms with Crippen LogP contribution in [0.25, 0.3) is 0 Å². The zero-order valence-electron chi connectivity index (χ0n) is 17.5. The minimum Gasteiger partial charge on any atom is -0.496 e. The van der Waals surface area contributed by atoms with Gasteiger partial charge in [-0.25, -0.2) is 17.7 Å². The second-order valence-corrected chi connectivity index (χ2v) is 8.70. The number of para-hydroxylation sites is 1. The maximum Gasteiger partial charge on any atom is 0.242 e. The summed E-state index contributed by atoms with van der Waals surface area (Å²) in [4.78, 5) is 4.85. The molecule has 0 fully saturated rings. The third-order valence-corrected chi connectivity index (χ3v) is 6.28. The van der Waals surface area contributed by atoms with Crippen LogP contribution in [0.15, 0.2) is 58.4 Å². The third kappa shape index (κ3) is 6.20. The Bertz CT molecular complexity index is 927. The summed E-state index contributed by atoms with van der Waals surface area (Å²) >= 11 is 0. The van der Waals surface area contributed by atoms with Crippen molar-refractivity contribution in [2.75, 3.05) is 34.3 Å². The van der Waals surface area contributed by atoms with Crippen molar-refractivity contribution >= 4 is 16.0 Å². The molecule has 0 radical (unpaired) electrons. The number of sulfonamides is 1. The molecule has 8 heteroatoms. The van der Waals surface area contributed by atoms with E-state index in [1.165, 1.54) is 18.4 Å². The zero-order valence-corrected chi connectivity index (χ0v) is 18.3. The lowest BCUT2D eigenvalue weighted by molar-refractivity contribution is 0.409. The van der Waals surface area contributed by atoms with Gasteiger partial charge >= 0.3 is 0 Å². The van der Waals surface area contributed by atoms with Gasteiger partial charge in [0.05, 0.1) is 18.6 Å². The fourth-order valence-electron chi connectivity index (χ4n) is 2.81. The van der Waals surface area contributed by atoms with E-state index in [1.54, 1.807) is 25.3 Å². The molecule has 0 aliphatic heterocycles. The summed E-state index contributed by atoms with van der Waals surface area (Å²) < 4.78 is 31.7. The van der Waals surface area contributed by atoms with Gasteiger partial charge in [0.15, 0.2) is 5.96 Å². The van der Waals surface area contributed by atoms with E-state index in [-0.39, 0.29) is 11.4 Å². The van der Waals surface area contributed by atoms with Gasteiger partial charge in [-0.15, -0.1) is 0 Å². The average molecular weight is 419 g/mol. The van der Waals surface area contributed by atoms with Gasteiger partial charge < -0.3 is 15.4 Å². The van der Waals surface area contributed by atoms with Gasteiger partial charge in [0.25, 0.3) is 0 Å². The van der Waals surface area contributed by atoms with Crippen molar-refractivity contribution in [2.45, 2.75) is 24.8 Å². The molecule has 158 valence electrons. The van der Waals surface area contributed by atoms with E-state index in [0.29, 0.717) is 24.6 Å². The molecule has 0 saturated heterocycles. The van der Waals surface area contributed by atoms with Crippen molar-refractivity contribution in [1.29, 1.82) is 0 Å². The van der Waals surface area contributed by atoms with Crippen molar-refractivity contribution < 1.29 is 13.2 Å². The summed E-state index contributed by atoms with van der Waals surface area (Å²) in [6.07, 6.45) is 0.778. The first kappa shape index (κ1) is 22.7. The molecule has 0 aliphatic rings. The van der Waals surface area contributed by atoms with Crippen LogP contribution in [0.1, 0.15) is 18.1 Å². The first-order chi connectivity index (χ1) is 13.9. The molecule has 0 spiro atoms. The molecule has 0 saturated carbocycles. The Morgan fingerprint density at radius 1 is 1.03 bits per heavy atom. The van der Waals surface area contributed by atoms with E-state index in [2.05, 4.69) is 15.6 Å². The van der Waals surface area contributed by atoms with Crippen LogP contribution in [0.4, 0.5) is 0 Å². The number of rotatable bonds is 9. The first-order valence-electron chi connectivity index (χ1n) is 9.54. The molecule has 0 atom stereocenters. The van der Waals surface area contributed by atoms with Crippen molar-refractivity contribution in [3.05, 3.63) is 59.7 Å². The summed E-state index contributed by atoms with van der Waals surface area (Å²) in [5, 5.41) is 6.49.